The van der Waals surface area contributed by atoms with Crippen molar-refractivity contribution >= 4 is 20.8 Å². The van der Waals surface area contributed by atoms with Crippen molar-refractivity contribution in [1.82, 2.24) is 4.98 Å². The van der Waals surface area contributed by atoms with Gasteiger partial charge >= 0.3 is 178 Å². The van der Waals surface area contributed by atoms with Crippen LogP contribution in [0.5, 0.6) is 0 Å². The molecule has 3 nitrogen and oxygen atoms in total. The molecule has 0 aliphatic carbocycles. The van der Waals surface area contributed by atoms with E-state index in [0.717, 1.165) is 31.7 Å². The summed E-state index contributed by atoms with van der Waals surface area (Å²) in [5.41, 5.74) is 3.45. The van der Waals surface area contributed by atoms with Crippen molar-refractivity contribution in [2.45, 2.75) is 40.0 Å². The van der Waals surface area contributed by atoms with E-state index in [1.165, 1.54) is 0 Å². The van der Waals surface area contributed by atoms with Crippen molar-refractivity contribution in [3.8, 4) is 11.3 Å². The Morgan fingerprint density at radius 3 is 2.36 bits per heavy atom. The van der Waals surface area contributed by atoms with Gasteiger partial charge in [0.25, 0.3) is 0 Å². The first-order chi connectivity index (χ1) is 13.1. The summed E-state index contributed by atoms with van der Waals surface area (Å²) >= 11 is 2.22. The van der Waals surface area contributed by atoms with Crippen LogP contribution in [0.3, 0.4) is 0 Å². The standard InChI is InChI=1S/C24H26N2O.Pt/c1-23(2,3)22(27)25-16-24(4,5)19-11-8-10-18(15-19)21-14-13-17-9-6-7-12-20(17)26-21;/h6-15,27H,1-5H3;. The second kappa shape index (κ2) is 7.72. The van der Waals surface area contributed by atoms with Crippen molar-refractivity contribution < 1.29 is 24.5 Å². The van der Waals surface area contributed by atoms with E-state index in [9.17, 15) is 5.11 Å². The number of hydrogen-bond acceptors (Lipinski definition) is 2. The molecule has 1 N–H and O–H groups in total. The van der Waals surface area contributed by atoms with Crippen molar-refractivity contribution in [2.24, 2.45) is 10.4 Å². The quantitative estimate of drug-likeness (QED) is 0.325. The summed E-state index contributed by atoms with van der Waals surface area (Å²) < 4.78 is 0.851. The molecule has 0 radical (unpaired) electrons. The molecule has 0 amide bonds. The number of para-hydroxylation sites is 1. The van der Waals surface area contributed by atoms with Crippen LogP contribution in [0.1, 0.15) is 40.2 Å². The Morgan fingerprint density at radius 1 is 0.929 bits per heavy atom. The third kappa shape index (κ3) is 4.31. The Morgan fingerprint density at radius 2 is 1.64 bits per heavy atom. The zero-order chi connectivity index (χ0) is 20.5. The van der Waals surface area contributed by atoms with Crippen molar-refractivity contribution in [3.63, 3.8) is 0 Å². The minimum atomic E-state index is -0.371. The van der Waals surface area contributed by atoms with Crippen LogP contribution in [0, 0.1) is 5.41 Å². The molecular weight excluding hydrogens is 527 g/mol. The second-order valence-electron chi connectivity index (χ2n) is 8.54. The first-order valence-corrected chi connectivity index (χ1v) is 10.5. The number of nitrogens with zero attached hydrogens (tertiary/aromatic N) is 2. The summed E-state index contributed by atoms with van der Waals surface area (Å²) in [5.74, 6) is 0.151. The third-order valence-corrected chi connectivity index (χ3v) is 6.50. The number of benzene rings is 2. The van der Waals surface area contributed by atoms with Crippen LogP contribution >= 0.6 is 0 Å². The third-order valence-electron chi connectivity index (χ3n) is 4.82. The number of aromatic nitrogens is 1. The van der Waals surface area contributed by atoms with Gasteiger partial charge < -0.3 is 0 Å². The van der Waals surface area contributed by atoms with E-state index in [4.69, 9.17) is 4.98 Å². The van der Waals surface area contributed by atoms with Crippen LogP contribution in [0.4, 0.5) is 0 Å². The SMILES string of the molecule is CC(C)(C)C(O)=N[C](=[Pt])C(C)(C)c1cccc(-c2ccc3ccccc3n2)c1. The van der Waals surface area contributed by atoms with Gasteiger partial charge in [-0.2, -0.15) is 0 Å². The average Bonchev–Trinajstić information content (AvgIpc) is 2.66. The number of aliphatic hydroxyl groups excluding tert-OH is 1. The molecule has 0 aliphatic rings. The van der Waals surface area contributed by atoms with Crippen molar-refractivity contribution in [2.75, 3.05) is 0 Å². The van der Waals surface area contributed by atoms with E-state index in [2.05, 4.69) is 80.7 Å². The van der Waals surface area contributed by atoms with Gasteiger partial charge in [-0.15, -0.1) is 0 Å². The van der Waals surface area contributed by atoms with Crippen LogP contribution in [-0.4, -0.2) is 20.0 Å². The van der Waals surface area contributed by atoms with E-state index in [1.54, 1.807) is 0 Å². The van der Waals surface area contributed by atoms with Crippen molar-refractivity contribution in [3.05, 3.63) is 66.2 Å². The van der Waals surface area contributed by atoms with Gasteiger partial charge in [0.15, 0.2) is 0 Å². The number of aliphatic imine (C=N–C) groups is 1. The fourth-order valence-corrected chi connectivity index (χ4v) is 3.37. The van der Waals surface area contributed by atoms with Gasteiger partial charge in [-0.05, 0) is 0 Å². The van der Waals surface area contributed by atoms with E-state index >= 15 is 0 Å². The Labute approximate surface area is 178 Å². The molecule has 0 bridgehead atoms. The second-order valence-corrected chi connectivity index (χ2v) is 9.62. The summed E-state index contributed by atoms with van der Waals surface area (Å²) in [4.78, 5) is 9.32. The number of hydrogen-bond donors (Lipinski definition) is 1. The van der Waals surface area contributed by atoms with Crippen LogP contribution in [0.25, 0.3) is 22.2 Å². The predicted octanol–water partition coefficient (Wildman–Crippen LogP) is 5.86. The molecule has 2 aromatic carbocycles. The van der Waals surface area contributed by atoms with Gasteiger partial charge in [-0.1, -0.05) is 0 Å². The molecule has 3 rings (SSSR count). The predicted molar refractivity (Wildman–Crippen MR) is 115 cm³/mol. The molecule has 28 heavy (non-hydrogen) atoms. The van der Waals surface area contributed by atoms with E-state index in [-0.39, 0.29) is 16.7 Å². The molecular formula is C24H26N2OPt. The maximum atomic E-state index is 10.3. The van der Waals surface area contributed by atoms with Crippen LogP contribution in [0.2, 0.25) is 0 Å². The molecule has 0 spiro atoms. The molecule has 0 fully saturated rings. The zero-order valence-corrected chi connectivity index (χ0v) is 19.2. The minimum absolute atomic E-state index is 0.151. The first kappa shape index (κ1) is 20.6. The summed E-state index contributed by atoms with van der Waals surface area (Å²) in [6.45, 7) is 10.1. The van der Waals surface area contributed by atoms with Gasteiger partial charge in [0, 0.05) is 0 Å². The Kier molecular flexibility index (Phi) is 5.68. The first-order valence-electron chi connectivity index (χ1n) is 9.34. The average molecular weight is 554 g/mol. The van der Waals surface area contributed by atoms with E-state index in [1.807, 2.05) is 39.0 Å². The molecule has 0 unspecified atom stereocenters. The monoisotopic (exact) mass is 553 g/mol. The number of fused-ring (bicyclic) bond motifs is 1. The Balaban J connectivity index is 1.98. The Hall–Kier alpha value is -2.12. The summed E-state index contributed by atoms with van der Waals surface area (Å²) in [6.07, 6.45) is 0. The summed E-state index contributed by atoms with van der Waals surface area (Å²) in [6, 6.07) is 20.7. The van der Waals surface area contributed by atoms with Gasteiger partial charge in [-0.25, -0.2) is 0 Å². The molecule has 3 aromatic rings. The molecule has 0 saturated heterocycles. The molecule has 0 atom stereocenters. The van der Waals surface area contributed by atoms with Gasteiger partial charge in [0.1, 0.15) is 0 Å². The molecule has 4 heteroatoms. The van der Waals surface area contributed by atoms with Gasteiger partial charge in [0.05, 0.1) is 0 Å². The topological polar surface area (TPSA) is 45.5 Å². The fraction of sp³-hybridized carbons (Fsp3) is 0.292. The molecule has 1 heterocycles. The molecule has 148 valence electrons. The maximum absolute atomic E-state index is 10.3. The molecule has 0 aliphatic heterocycles. The Bertz CT molecular complexity index is 1060. The van der Waals surface area contributed by atoms with Gasteiger partial charge in [0.2, 0.25) is 0 Å². The van der Waals surface area contributed by atoms with Crippen LogP contribution < -0.4 is 0 Å². The van der Waals surface area contributed by atoms with Crippen molar-refractivity contribution in [1.29, 1.82) is 0 Å². The summed E-state index contributed by atoms with van der Waals surface area (Å²) in [5, 5.41) is 11.5. The van der Waals surface area contributed by atoms with E-state index in [0.29, 0.717) is 0 Å². The fourth-order valence-electron chi connectivity index (χ4n) is 2.80. The molecule has 0 saturated carbocycles. The van der Waals surface area contributed by atoms with Gasteiger partial charge in [-0.3, -0.25) is 0 Å². The summed E-state index contributed by atoms with van der Waals surface area (Å²) in [7, 11) is 0. The number of aliphatic hydroxyl groups is 1. The molecule has 1 aromatic heterocycles. The zero-order valence-electron chi connectivity index (χ0n) is 16.9. The number of pyridine rings is 1. The number of rotatable bonds is 4. The van der Waals surface area contributed by atoms with Crippen LogP contribution in [-0.2, 0) is 24.8 Å². The van der Waals surface area contributed by atoms with Crippen LogP contribution in [0.15, 0.2) is 65.7 Å². The normalized spacial score (nSPS) is 13.0. The van der Waals surface area contributed by atoms with E-state index < -0.39 is 0 Å².